The van der Waals surface area contributed by atoms with Crippen molar-refractivity contribution in [2.45, 2.75) is 18.0 Å². The van der Waals surface area contributed by atoms with E-state index in [-0.39, 0.29) is 18.9 Å². The minimum atomic E-state index is -1.78. The number of β-lactam (4-membered cyclic amide) rings is 1. The van der Waals surface area contributed by atoms with Crippen molar-refractivity contribution in [2.24, 2.45) is 0 Å². The molecule has 2 aliphatic heterocycles. The first-order chi connectivity index (χ1) is 16.8. The zero-order valence-corrected chi connectivity index (χ0v) is 18.8. The van der Waals surface area contributed by atoms with E-state index in [2.05, 4.69) is 5.32 Å². The van der Waals surface area contributed by atoms with Crippen molar-refractivity contribution in [1.29, 1.82) is 0 Å². The first kappa shape index (κ1) is 23.9. The molecule has 13 heteroatoms. The Balaban J connectivity index is 1.38. The quantitative estimate of drug-likeness (QED) is 0.231. The summed E-state index contributed by atoms with van der Waals surface area (Å²) in [5.74, 6) is -2.90. The molecule has 2 aromatic rings. The zero-order valence-electron chi connectivity index (χ0n) is 18.0. The molecule has 12 nitrogen and oxygen atoms in total. The molecule has 2 heterocycles. The van der Waals surface area contributed by atoms with Crippen molar-refractivity contribution in [3.05, 3.63) is 81.7 Å². The van der Waals surface area contributed by atoms with Crippen molar-refractivity contribution < 1.29 is 38.1 Å². The van der Waals surface area contributed by atoms with Gasteiger partial charge >= 0.3 is 5.97 Å². The molecule has 2 amide bonds. The van der Waals surface area contributed by atoms with Crippen molar-refractivity contribution in [3.8, 4) is 5.75 Å². The third-order valence-electron chi connectivity index (χ3n) is 5.25. The predicted molar refractivity (Wildman–Crippen MR) is 120 cm³/mol. The number of nitro benzene ring substituents is 1. The number of nitrogens with one attached hydrogen (secondary N) is 1. The van der Waals surface area contributed by atoms with Crippen molar-refractivity contribution in [1.82, 2.24) is 10.2 Å². The van der Waals surface area contributed by atoms with E-state index >= 15 is 0 Å². The van der Waals surface area contributed by atoms with Crippen molar-refractivity contribution in [3.63, 3.8) is 0 Å². The second kappa shape index (κ2) is 9.93. The molecule has 0 bridgehead atoms. The number of para-hydroxylation sites is 1. The summed E-state index contributed by atoms with van der Waals surface area (Å²) in [5, 5.41) is 22.4. The number of esters is 1. The maximum Gasteiger partial charge on any atom is 0.358 e. The molecule has 3 atom stereocenters. The highest BCUT2D eigenvalue weighted by Crippen LogP contribution is 2.34. The van der Waals surface area contributed by atoms with Gasteiger partial charge in [0.15, 0.2) is 12.3 Å². The number of nitrogens with zero attached hydrogens (tertiary/aromatic N) is 2. The van der Waals surface area contributed by atoms with Gasteiger partial charge in [-0.1, -0.05) is 18.2 Å². The Morgan fingerprint density at radius 3 is 2.51 bits per heavy atom. The number of aliphatic hydroxyl groups is 1. The van der Waals surface area contributed by atoms with Gasteiger partial charge in [0.1, 0.15) is 29.5 Å². The lowest BCUT2D eigenvalue weighted by Crippen LogP contribution is -2.73. The molecular weight excluding hydrogens is 482 g/mol. The number of ether oxygens (including phenoxy) is 2. The van der Waals surface area contributed by atoms with Crippen molar-refractivity contribution >= 4 is 34.3 Å². The summed E-state index contributed by atoms with van der Waals surface area (Å²) in [6.07, 6.45) is 0. The first-order valence-corrected chi connectivity index (χ1v) is 11.6. The molecule has 0 aromatic heterocycles. The SMILES string of the molecule is O=C(COc1ccccc1)N[C@@H]1C(=O)N2C(C(=O)OCc3ccc([N+](=O)[O-])cc3)=C(O)CS(=O)[C@H]12. The van der Waals surface area contributed by atoms with Gasteiger partial charge in [0.05, 0.1) is 21.5 Å². The maximum atomic E-state index is 12.7. The highest BCUT2D eigenvalue weighted by atomic mass is 32.2. The molecule has 182 valence electrons. The number of fused-ring (bicyclic) bond motifs is 1. The van der Waals surface area contributed by atoms with Crippen LogP contribution in [0, 0.1) is 10.1 Å². The summed E-state index contributed by atoms with van der Waals surface area (Å²) in [7, 11) is -1.78. The Labute approximate surface area is 200 Å². The number of carbonyl (C=O) groups excluding carboxylic acids is 3. The predicted octanol–water partition coefficient (Wildman–Crippen LogP) is 0.902. The molecular formula is C22H19N3O9S. The van der Waals surface area contributed by atoms with Crippen LogP contribution in [-0.4, -0.2) is 60.7 Å². The molecule has 2 aliphatic rings. The normalized spacial score (nSPS) is 21.0. The van der Waals surface area contributed by atoms with E-state index in [4.69, 9.17) is 9.47 Å². The Kier molecular flexibility index (Phi) is 6.78. The molecule has 0 saturated carbocycles. The standard InChI is InChI=1S/C22H19N3O9S/c26-16-12-35(32)21-18(23-17(27)11-33-15-4-2-1-3-5-15)20(28)24(21)19(16)22(29)34-10-13-6-8-14(9-7-13)25(30)31/h1-9,18,21,26H,10-12H2,(H,23,27)/t18-,21-,35?/m1/s1. The van der Waals surface area contributed by atoms with Crippen LogP contribution in [0.5, 0.6) is 5.75 Å². The van der Waals surface area contributed by atoms with Gasteiger partial charge in [-0.15, -0.1) is 0 Å². The van der Waals surface area contributed by atoms with E-state index in [9.17, 15) is 33.8 Å². The Bertz CT molecular complexity index is 1230. The van der Waals surface area contributed by atoms with Crippen LogP contribution in [0.1, 0.15) is 5.56 Å². The summed E-state index contributed by atoms with van der Waals surface area (Å²) < 4.78 is 23.0. The van der Waals surface area contributed by atoms with Gasteiger partial charge in [0, 0.05) is 12.1 Å². The van der Waals surface area contributed by atoms with Gasteiger partial charge in [-0.05, 0) is 29.8 Å². The number of non-ortho nitro benzene ring substituents is 1. The Morgan fingerprint density at radius 1 is 1.17 bits per heavy atom. The fourth-order valence-corrected chi connectivity index (χ4v) is 5.07. The topological polar surface area (TPSA) is 165 Å². The number of carbonyl (C=O) groups is 3. The van der Waals surface area contributed by atoms with Crippen LogP contribution in [0.4, 0.5) is 5.69 Å². The average molecular weight is 501 g/mol. The molecule has 4 rings (SSSR count). The summed E-state index contributed by atoms with van der Waals surface area (Å²) in [4.78, 5) is 48.6. The number of benzene rings is 2. The minimum absolute atomic E-state index is 0.133. The number of hydrogen-bond acceptors (Lipinski definition) is 9. The van der Waals surface area contributed by atoms with Crippen LogP contribution in [0.2, 0.25) is 0 Å². The molecule has 1 saturated heterocycles. The second-order valence-corrected chi connectivity index (χ2v) is 9.10. The fourth-order valence-electron chi connectivity index (χ4n) is 3.56. The van der Waals surface area contributed by atoms with E-state index in [0.717, 1.165) is 4.90 Å². The van der Waals surface area contributed by atoms with Gasteiger partial charge in [-0.3, -0.25) is 28.8 Å². The minimum Gasteiger partial charge on any atom is -0.509 e. The lowest BCUT2D eigenvalue weighted by molar-refractivity contribution is -0.384. The van der Waals surface area contributed by atoms with Crippen molar-refractivity contribution in [2.75, 3.05) is 12.4 Å². The Hall–Kier alpha value is -4.26. The monoisotopic (exact) mass is 501 g/mol. The molecule has 2 N–H and O–H groups in total. The van der Waals surface area contributed by atoms with Crippen LogP contribution >= 0.6 is 0 Å². The zero-order chi connectivity index (χ0) is 25.1. The lowest BCUT2D eigenvalue weighted by atomic mass is 10.0. The highest BCUT2D eigenvalue weighted by molar-refractivity contribution is 7.86. The van der Waals surface area contributed by atoms with Gasteiger partial charge < -0.3 is 19.9 Å². The number of rotatable bonds is 8. The summed E-state index contributed by atoms with van der Waals surface area (Å²) in [6, 6.07) is 12.7. The van der Waals surface area contributed by atoms with Crippen LogP contribution in [-0.2, 0) is 36.5 Å². The van der Waals surface area contributed by atoms with Gasteiger partial charge in [0.2, 0.25) is 0 Å². The third kappa shape index (κ3) is 4.99. The van der Waals surface area contributed by atoms with E-state index < -0.39 is 62.1 Å². The van der Waals surface area contributed by atoms with Crippen LogP contribution < -0.4 is 10.1 Å². The summed E-state index contributed by atoms with van der Waals surface area (Å²) in [5.41, 5.74) is -0.141. The molecule has 35 heavy (non-hydrogen) atoms. The second-order valence-electron chi connectivity index (χ2n) is 7.57. The molecule has 0 aliphatic carbocycles. The molecule has 0 spiro atoms. The smallest absolute Gasteiger partial charge is 0.358 e. The van der Waals surface area contributed by atoms with E-state index in [1.165, 1.54) is 24.3 Å². The third-order valence-corrected chi connectivity index (χ3v) is 6.83. The highest BCUT2D eigenvalue weighted by Gasteiger charge is 2.57. The van der Waals surface area contributed by atoms with E-state index in [0.29, 0.717) is 11.3 Å². The summed E-state index contributed by atoms with van der Waals surface area (Å²) in [6.45, 7) is -0.654. The van der Waals surface area contributed by atoms with E-state index in [1.54, 1.807) is 30.3 Å². The van der Waals surface area contributed by atoms with Crippen LogP contribution in [0.25, 0.3) is 0 Å². The van der Waals surface area contributed by atoms with Gasteiger partial charge in [-0.2, -0.15) is 0 Å². The molecule has 2 aromatic carbocycles. The number of nitro groups is 1. The summed E-state index contributed by atoms with van der Waals surface area (Å²) >= 11 is 0. The van der Waals surface area contributed by atoms with Gasteiger partial charge in [-0.25, -0.2) is 4.79 Å². The number of aliphatic hydroxyl groups excluding tert-OH is 1. The Morgan fingerprint density at radius 2 is 1.86 bits per heavy atom. The fraction of sp³-hybridized carbons (Fsp3) is 0.227. The molecule has 1 unspecified atom stereocenters. The number of hydrogen-bond donors (Lipinski definition) is 2. The lowest BCUT2D eigenvalue weighted by Gasteiger charge is -2.48. The van der Waals surface area contributed by atoms with E-state index in [1.807, 2.05) is 0 Å². The average Bonchev–Trinajstić information content (AvgIpc) is 2.85. The first-order valence-electron chi connectivity index (χ1n) is 10.3. The number of amides is 2. The van der Waals surface area contributed by atoms with Crippen LogP contribution in [0.3, 0.4) is 0 Å². The molecule has 0 radical (unpaired) electrons. The van der Waals surface area contributed by atoms with Gasteiger partial charge in [0.25, 0.3) is 17.5 Å². The van der Waals surface area contributed by atoms with Crippen LogP contribution in [0.15, 0.2) is 66.1 Å². The molecule has 1 fully saturated rings. The largest absolute Gasteiger partial charge is 0.509 e. The maximum absolute atomic E-state index is 12.7.